The average Bonchev–Trinajstić information content (AvgIpc) is 2.84. The summed E-state index contributed by atoms with van der Waals surface area (Å²) in [6, 6.07) is 22.6. The molecule has 4 aromatic rings. The third-order valence-corrected chi connectivity index (χ3v) is 9.55. The Hall–Kier alpha value is -2.92. The zero-order valence-corrected chi connectivity index (χ0v) is 19.1. The number of nitrogens with one attached hydrogen (secondary N) is 1. The van der Waals surface area contributed by atoms with Gasteiger partial charge >= 0.3 is 0 Å². The standard InChI is InChI=1S/C26H25FN3O2P/c27-23-11-10-20(16-24-21-8-4-5-9-22(21)26(31)29-28-24)17-25(23)33(32)14-12-30(13-15-33)18-19-6-2-1-3-7-19/h1-11,17,32H,12-16,18H2/p+1. The van der Waals surface area contributed by atoms with Crippen LogP contribution >= 0.6 is 7.49 Å². The van der Waals surface area contributed by atoms with E-state index in [1.165, 1.54) is 11.6 Å². The van der Waals surface area contributed by atoms with Crippen molar-refractivity contribution in [3.63, 3.8) is 0 Å². The quantitative estimate of drug-likeness (QED) is 0.444. The van der Waals surface area contributed by atoms with E-state index in [4.69, 9.17) is 0 Å². The largest absolute Gasteiger partial charge is 0.292 e. The van der Waals surface area contributed by atoms with Gasteiger partial charge in [-0.2, -0.15) is 5.10 Å². The van der Waals surface area contributed by atoms with Gasteiger partial charge in [0.15, 0.2) is 18.6 Å². The van der Waals surface area contributed by atoms with Crippen LogP contribution in [0.3, 0.4) is 0 Å². The van der Waals surface area contributed by atoms with Crippen LogP contribution < -0.4 is 10.9 Å². The molecule has 2 N–H and O–H groups in total. The molecule has 168 valence electrons. The summed E-state index contributed by atoms with van der Waals surface area (Å²) in [6.07, 6.45) is 1.62. The van der Waals surface area contributed by atoms with Gasteiger partial charge in [0.1, 0.15) is 12.3 Å². The van der Waals surface area contributed by atoms with Crippen molar-refractivity contribution >= 4 is 23.6 Å². The predicted octanol–water partition coefficient (Wildman–Crippen LogP) is 3.72. The second kappa shape index (κ2) is 9.14. The number of rotatable bonds is 5. The minimum absolute atomic E-state index is 0.225. The Morgan fingerprint density at radius 3 is 2.39 bits per heavy atom. The Labute approximate surface area is 192 Å². The number of hydrogen-bond donors (Lipinski definition) is 2. The van der Waals surface area contributed by atoms with E-state index < -0.39 is 7.49 Å². The Bertz CT molecular complexity index is 1330. The molecule has 0 atom stereocenters. The molecule has 1 aliphatic rings. The van der Waals surface area contributed by atoms with Gasteiger partial charge in [0.2, 0.25) is 0 Å². The van der Waals surface area contributed by atoms with Gasteiger partial charge in [0.05, 0.1) is 11.1 Å². The van der Waals surface area contributed by atoms with Crippen molar-refractivity contribution in [2.45, 2.75) is 13.0 Å². The van der Waals surface area contributed by atoms with E-state index in [0.717, 1.165) is 36.3 Å². The lowest BCUT2D eigenvalue weighted by atomic mass is 10.0. The van der Waals surface area contributed by atoms with Gasteiger partial charge in [-0.05, 0) is 29.3 Å². The third-order valence-electron chi connectivity index (χ3n) is 6.43. The molecule has 5 rings (SSSR count). The number of fused-ring (bicyclic) bond motifs is 1. The van der Waals surface area contributed by atoms with Crippen molar-refractivity contribution in [2.75, 3.05) is 25.4 Å². The van der Waals surface area contributed by atoms with Crippen molar-refractivity contribution in [1.82, 2.24) is 15.1 Å². The fraction of sp³-hybridized carbons (Fsp3) is 0.231. The minimum Gasteiger partial charge on any atom is -0.292 e. The van der Waals surface area contributed by atoms with Crippen LogP contribution in [0.2, 0.25) is 0 Å². The molecule has 1 saturated heterocycles. The molecule has 0 saturated carbocycles. The Morgan fingerprint density at radius 2 is 1.64 bits per heavy atom. The van der Waals surface area contributed by atoms with Crippen molar-refractivity contribution < 1.29 is 9.28 Å². The number of benzene rings is 3. The second-order valence-corrected chi connectivity index (χ2v) is 11.9. The summed E-state index contributed by atoms with van der Waals surface area (Å²) in [6.45, 7) is 2.33. The second-order valence-electron chi connectivity index (χ2n) is 8.64. The number of aromatic nitrogens is 2. The fourth-order valence-electron chi connectivity index (χ4n) is 4.56. The summed E-state index contributed by atoms with van der Waals surface area (Å²) in [5.41, 5.74) is 2.62. The molecule has 0 bridgehead atoms. The van der Waals surface area contributed by atoms with Gasteiger partial charge in [-0.25, -0.2) is 14.4 Å². The molecule has 1 aromatic heterocycles. The average molecular weight is 462 g/mol. The molecule has 2 heterocycles. The highest BCUT2D eigenvalue weighted by Crippen LogP contribution is 2.55. The topological polar surface area (TPSA) is 69.2 Å². The van der Waals surface area contributed by atoms with Gasteiger partial charge < -0.3 is 0 Å². The van der Waals surface area contributed by atoms with Crippen LogP contribution in [0.5, 0.6) is 0 Å². The van der Waals surface area contributed by atoms with Crippen LogP contribution in [-0.2, 0) is 13.0 Å². The number of aromatic amines is 1. The molecular formula is C26H26FN3O2P+. The van der Waals surface area contributed by atoms with Crippen LogP contribution in [0.15, 0.2) is 77.6 Å². The zero-order chi connectivity index (χ0) is 22.8. The molecule has 5 nitrogen and oxygen atoms in total. The molecule has 33 heavy (non-hydrogen) atoms. The normalized spacial score (nSPS) is 16.2. The number of hydrogen-bond acceptors (Lipinski definition) is 4. The van der Waals surface area contributed by atoms with Crippen LogP contribution in [0.25, 0.3) is 10.8 Å². The highest BCUT2D eigenvalue weighted by atomic mass is 31.2. The lowest BCUT2D eigenvalue weighted by Gasteiger charge is -2.32. The molecule has 0 aliphatic carbocycles. The smallest absolute Gasteiger partial charge is 0.272 e. The first-order chi connectivity index (χ1) is 16.0. The maximum atomic E-state index is 14.9. The SMILES string of the molecule is O=c1[nH]nc(Cc2ccc(F)c([P+]3(O)CCN(Cc4ccccc4)CC3)c2)c2ccccc12. The van der Waals surface area contributed by atoms with Crippen molar-refractivity contribution in [3.8, 4) is 0 Å². The first-order valence-electron chi connectivity index (χ1n) is 11.1. The van der Waals surface area contributed by atoms with Crippen molar-refractivity contribution in [3.05, 3.63) is 106 Å². The minimum atomic E-state index is -2.58. The summed E-state index contributed by atoms with van der Waals surface area (Å²) in [7, 11) is -2.58. The van der Waals surface area contributed by atoms with Gasteiger partial charge in [0.25, 0.3) is 5.56 Å². The van der Waals surface area contributed by atoms with Crippen LogP contribution in [0.4, 0.5) is 4.39 Å². The molecule has 0 spiro atoms. The van der Waals surface area contributed by atoms with Crippen LogP contribution in [0.1, 0.15) is 16.8 Å². The summed E-state index contributed by atoms with van der Waals surface area (Å²) in [5, 5.41) is 8.62. The maximum Gasteiger partial charge on any atom is 0.272 e. The zero-order valence-electron chi connectivity index (χ0n) is 18.2. The lowest BCUT2D eigenvalue weighted by Crippen LogP contribution is -2.39. The summed E-state index contributed by atoms with van der Waals surface area (Å²) < 4.78 is 14.9. The number of halogens is 1. The van der Waals surface area contributed by atoms with E-state index >= 15 is 0 Å². The molecule has 1 fully saturated rings. The highest BCUT2D eigenvalue weighted by Gasteiger charge is 2.44. The van der Waals surface area contributed by atoms with Gasteiger partial charge in [-0.3, -0.25) is 9.69 Å². The summed E-state index contributed by atoms with van der Waals surface area (Å²) >= 11 is 0. The molecule has 3 aromatic carbocycles. The first kappa shape index (κ1) is 21.9. The summed E-state index contributed by atoms with van der Waals surface area (Å²) in [4.78, 5) is 25.9. The van der Waals surface area contributed by atoms with Crippen LogP contribution in [-0.4, -0.2) is 45.4 Å². The monoisotopic (exact) mass is 462 g/mol. The van der Waals surface area contributed by atoms with E-state index in [9.17, 15) is 14.1 Å². The molecular weight excluding hydrogens is 436 g/mol. The van der Waals surface area contributed by atoms with Crippen LogP contribution in [0, 0.1) is 5.82 Å². The Morgan fingerprint density at radius 1 is 0.939 bits per heavy atom. The molecule has 0 unspecified atom stereocenters. The first-order valence-corrected chi connectivity index (χ1v) is 13.2. The van der Waals surface area contributed by atoms with Gasteiger partial charge in [0, 0.05) is 31.4 Å². The molecule has 1 aliphatic heterocycles. The lowest BCUT2D eigenvalue weighted by molar-refractivity contribution is 0.284. The number of nitrogens with zero attached hydrogens (tertiary/aromatic N) is 2. The van der Waals surface area contributed by atoms with E-state index in [-0.39, 0.29) is 11.4 Å². The summed E-state index contributed by atoms with van der Waals surface area (Å²) in [5.74, 6) is -0.342. The maximum absolute atomic E-state index is 14.9. The Balaban J connectivity index is 1.36. The van der Waals surface area contributed by atoms with E-state index in [0.29, 0.717) is 29.4 Å². The molecule has 0 amide bonds. The van der Waals surface area contributed by atoms with E-state index in [1.807, 2.05) is 36.4 Å². The Kier molecular flexibility index (Phi) is 6.07. The highest BCUT2D eigenvalue weighted by molar-refractivity contribution is 7.77. The molecule has 0 radical (unpaired) electrons. The van der Waals surface area contributed by atoms with Crippen molar-refractivity contribution in [1.29, 1.82) is 0 Å². The van der Waals surface area contributed by atoms with Gasteiger partial charge in [-0.1, -0.05) is 54.6 Å². The van der Waals surface area contributed by atoms with Gasteiger partial charge in [-0.15, -0.1) is 0 Å². The fourth-order valence-corrected chi connectivity index (χ4v) is 7.38. The number of H-pyrrole nitrogens is 1. The van der Waals surface area contributed by atoms with E-state index in [2.05, 4.69) is 27.2 Å². The molecule has 7 heteroatoms. The van der Waals surface area contributed by atoms with E-state index in [1.54, 1.807) is 18.2 Å². The third kappa shape index (κ3) is 4.60. The predicted molar refractivity (Wildman–Crippen MR) is 132 cm³/mol. The van der Waals surface area contributed by atoms with Crippen molar-refractivity contribution in [2.24, 2.45) is 0 Å².